The highest BCUT2D eigenvalue weighted by Crippen LogP contribution is 2.21. The van der Waals surface area contributed by atoms with Crippen LogP contribution in [0.15, 0.2) is 71.3 Å². The largest absolute Gasteiger partial charge is 0.361 e. The number of hydrogen-bond acceptors (Lipinski definition) is 3. The number of nitrogens with one attached hydrogen (secondary N) is 3. The van der Waals surface area contributed by atoms with Crippen LogP contribution in [0, 0.1) is 6.92 Å². The Balaban J connectivity index is 1.53. The van der Waals surface area contributed by atoms with Crippen LogP contribution < -0.4 is 10.0 Å². The SMILES string of the molecule is Cc1cccc(S(=O)(=O)NC(Cc2c[nH]c3ccccc23)C(=O)NCCC2=CCCCC2)c1. The molecule has 1 aliphatic carbocycles. The second kappa shape index (κ2) is 10.4. The number of aromatic amines is 1. The van der Waals surface area contributed by atoms with Crippen LogP contribution in [-0.4, -0.2) is 31.9 Å². The maximum absolute atomic E-state index is 13.2. The Hall–Kier alpha value is -2.90. The maximum atomic E-state index is 13.2. The topological polar surface area (TPSA) is 91.1 Å². The van der Waals surface area contributed by atoms with Gasteiger partial charge in [0.1, 0.15) is 6.04 Å². The molecule has 1 unspecified atom stereocenters. The van der Waals surface area contributed by atoms with E-state index in [0.29, 0.717) is 6.54 Å². The summed E-state index contributed by atoms with van der Waals surface area (Å²) in [6, 6.07) is 13.6. The third kappa shape index (κ3) is 5.92. The van der Waals surface area contributed by atoms with Gasteiger partial charge in [0.2, 0.25) is 15.9 Å². The molecule has 1 aliphatic rings. The van der Waals surface area contributed by atoms with E-state index >= 15 is 0 Å². The van der Waals surface area contributed by atoms with E-state index in [1.807, 2.05) is 43.5 Å². The molecule has 0 spiro atoms. The monoisotopic (exact) mass is 465 g/mol. The quantitative estimate of drug-likeness (QED) is 0.410. The summed E-state index contributed by atoms with van der Waals surface area (Å²) in [7, 11) is -3.86. The minimum atomic E-state index is -3.86. The van der Waals surface area contributed by atoms with Crippen LogP contribution >= 0.6 is 0 Å². The number of carbonyl (C=O) groups excluding carboxylic acids is 1. The highest BCUT2D eigenvalue weighted by molar-refractivity contribution is 7.89. The van der Waals surface area contributed by atoms with Crippen molar-refractivity contribution in [3.05, 3.63) is 77.5 Å². The summed E-state index contributed by atoms with van der Waals surface area (Å²) in [4.78, 5) is 16.5. The van der Waals surface area contributed by atoms with Gasteiger partial charge in [0, 0.05) is 23.6 Å². The number of sulfonamides is 1. The van der Waals surface area contributed by atoms with Crippen LogP contribution in [-0.2, 0) is 21.2 Å². The van der Waals surface area contributed by atoms with Crippen LogP contribution in [0.1, 0.15) is 43.2 Å². The van der Waals surface area contributed by atoms with E-state index < -0.39 is 16.1 Å². The molecule has 3 N–H and O–H groups in total. The number of aryl methyl sites for hydroxylation is 1. The predicted molar refractivity (Wildman–Crippen MR) is 131 cm³/mol. The van der Waals surface area contributed by atoms with E-state index in [2.05, 4.69) is 21.1 Å². The number of H-pyrrole nitrogens is 1. The summed E-state index contributed by atoms with van der Waals surface area (Å²) in [6.45, 7) is 2.34. The lowest BCUT2D eigenvalue weighted by atomic mass is 9.97. The van der Waals surface area contributed by atoms with Gasteiger partial charge >= 0.3 is 0 Å². The Labute approximate surface area is 195 Å². The van der Waals surface area contributed by atoms with Gasteiger partial charge in [0.25, 0.3) is 0 Å². The molecule has 3 aromatic rings. The summed E-state index contributed by atoms with van der Waals surface area (Å²) in [6.07, 6.45) is 9.76. The van der Waals surface area contributed by atoms with Crippen molar-refractivity contribution < 1.29 is 13.2 Å². The lowest BCUT2D eigenvalue weighted by molar-refractivity contribution is -0.122. The Morgan fingerprint density at radius 3 is 2.76 bits per heavy atom. The third-order valence-electron chi connectivity index (χ3n) is 6.14. The van der Waals surface area contributed by atoms with Gasteiger partial charge in [-0.15, -0.1) is 0 Å². The Morgan fingerprint density at radius 2 is 1.97 bits per heavy atom. The molecule has 1 aromatic heterocycles. The average molecular weight is 466 g/mol. The van der Waals surface area contributed by atoms with Crippen LogP contribution in [0.2, 0.25) is 0 Å². The molecule has 1 heterocycles. The zero-order chi connectivity index (χ0) is 23.3. The smallest absolute Gasteiger partial charge is 0.241 e. The second-order valence-electron chi connectivity index (χ2n) is 8.70. The van der Waals surface area contributed by atoms with Crippen molar-refractivity contribution in [1.82, 2.24) is 15.0 Å². The third-order valence-corrected chi connectivity index (χ3v) is 7.61. The first-order valence-electron chi connectivity index (χ1n) is 11.5. The van der Waals surface area contributed by atoms with Gasteiger partial charge in [-0.3, -0.25) is 4.79 Å². The molecule has 0 aliphatic heterocycles. The van der Waals surface area contributed by atoms with Gasteiger partial charge in [-0.25, -0.2) is 8.42 Å². The average Bonchev–Trinajstić information content (AvgIpc) is 3.22. The van der Waals surface area contributed by atoms with Gasteiger partial charge in [-0.05, 0) is 74.8 Å². The molecular weight excluding hydrogens is 434 g/mol. The maximum Gasteiger partial charge on any atom is 0.241 e. The summed E-state index contributed by atoms with van der Waals surface area (Å²) in [5, 5.41) is 3.94. The standard InChI is InChI=1S/C26H31N3O3S/c1-19-8-7-11-22(16-19)33(31,32)29-25(17-21-18-28-24-13-6-5-12-23(21)24)26(30)27-15-14-20-9-3-2-4-10-20/h5-9,11-13,16,18,25,28-29H,2-4,10,14-15,17H2,1H3,(H,27,30). The van der Waals surface area contributed by atoms with Crippen LogP contribution in [0.5, 0.6) is 0 Å². The lowest BCUT2D eigenvalue weighted by Gasteiger charge is -2.19. The number of benzene rings is 2. The molecule has 2 aromatic carbocycles. The number of aromatic nitrogens is 1. The minimum Gasteiger partial charge on any atom is -0.361 e. The van der Waals surface area contributed by atoms with Crippen molar-refractivity contribution in [2.24, 2.45) is 0 Å². The number of amides is 1. The van der Waals surface area contributed by atoms with Crippen LogP contribution in [0.25, 0.3) is 10.9 Å². The first-order valence-corrected chi connectivity index (χ1v) is 13.0. The van der Waals surface area contributed by atoms with E-state index in [4.69, 9.17) is 0 Å². The van der Waals surface area contributed by atoms with Gasteiger partial charge in [-0.2, -0.15) is 4.72 Å². The molecule has 1 amide bonds. The Morgan fingerprint density at radius 1 is 1.12 bits per heavy atom. The minimum absolute atomic E-state index is 0.159. The first kappa shape index (κ1) is 23.3. The summed E-state index contributed by atoms with van der Waals surface area (Å²) in [5.74, 6) is -0.312. The van der Waals surface area contributed by atoms with Gasteiger partial charge in [0.15, 0.2) is 0 Å². The number of carbonyl (C=O) groups is 1. The summed E-state index contributed by atoms with van der Waals surface area (Å²) in [5.41, 5.74) is 4.07. The summed E-state index contributed by atoms with van der Waals surface area (Å²) >= 11 is 0. The molecule has 0 bridgehead atoms. The van der Waals surface area contributed by atoms with Crippen molar-refractivity contribution in [3.8, 4) is 0 Å². The molecule has 0 saturated carbocycles. The number of para-hydroxylation sites is 1. The van der Waals surface area contributed by atoms with E-state index in [-0.39, 0.29) is 17.2 Å². The Kier molecular flexibility index (Phi) is 7.30. The Bertz CT molecular complexity index is 1260. The number of allylic oxidation sites excluding steroid dienone is 1. The fraction of sp³-hybridized carbons (Fsp3) is 0.346. The number of rotatable bonds is 9. The molecule has 0 saturated heterocycles. The van der Waals surface area contributed by atoms with Gasteiger partial charge in [0.05, 0.1) is 4.90 Å². The van der Waals surface area contributed by atoms with Crippen LogP contribution in [0.3, 0.4) is 0 Å². The van der Waals surface area contributed by atoms with E-state index in [0.717, 1.165) is 41.3 Å². The van der Waals surface area contributed by atoms with E-state index in [1.54, 1.807) is 18.2 Å². The number of hydrogen-bond donors (Lipinski definition) is 3. The fourth-order valence-electron chi connectivity index (χ4n) is 4.35. The highest BCUT2D eigenvalue weighted by atomic mass is 32.2. The highest BCUT2D eigenvalue weighted by Gasteiger charge is 2.27. The molecule has 1 atom stereocenters. The number of fused-ring (bicyclic) bond motifs is 1. The first-order chi connectivity index (χ1) is 15.9. The van der Waals surface area contributed by atoms with Crippen molar-refractivity contribution in [2.45, 2.75) is 56.4 Å². The fourth-order valence-corrected chi connectivity index (χ4v) is 5.65. The van der Waals surface area contributed by atoms with Crippen molar-refractivity contribution in [2.75, 3.05) is 6.54 Å². The molecular formula is C26H31N3O3S. The predicted octanol–water partition coefficient (Wildman–Crippen LogP) is 4.37. The van der Waals surface area contributed by atoms with Crippen LogP contribution in [0.4, 0.5) is 0 Å². The normalized spacial score (nSPS) is 15.2. The zero-order valence-corrected chi connectivity index (χ0v) is 19.8. The molecule has 4 rings (SSSR count). The van der Waals surface area contributed by atoms with E-state index in [9.17, 15) is 13.2 Å². The second-order valence-corrected chi connectivity index (χ2v) is 10.4. The molecule has 6 nitrogen and oxygen atoms in total. The lowest BCUT2D eigenvalue weighted by Crippen LogP contribution is -2.48. The molecule has 7 heteroatoms. The molecule has 174 valence electrons. The van der Waals surface area contributed by atoms with Gasteiger partial charge in [-0.1, -0.05) is 42.0 Å². The van der Waals surface area contributed by atoms with E-state index in [1.165, 1.54) is 18.4 Å². The van der Waals surface area contributed by atoms with Crippen molar-refractivity contribution in [1.29, 1.82) is 0 Å². The zero-order valence-electron chi connectivity index (χ0n) is 18.9. The van der Waals surface area contributed by atoms with Crippen molar-refractivity contribution >= 4 is 26.8 Å². The van der Waals surface area contributed by atoms with Gasteiger partial charge < -0.3 is 10.3 Å². The summed E-state index contributed by atoms with van der Waals surface area (Å²) < 4.78 is 28.9. The molecule has 0 fully saturated rings. The molecule has 33 heavy (non-hydrogen) atoms. The van der Waals surface area contributed by atoms with Crippen molar-refractivity contribution in [3.63, 3.8) is 0 Å². The molecule has 0 radical (unpaired) electrons.